The molecular weight excluding hydrogens is 182 g/mol. The minimum Gasteiger partial charge on any atom is -0.489 e. The summed E-state index contributed by atoms with van der Waals surface area (Å²) in [7, 11) is 0. The first-order valence-electron chi connectivity index (χ1n) is 4.75. The first kappa shape index (κ1) is 9.21. The number of hydrogen-bond donors (Lipinski definition) is 2. The molecule has 2 N–H and O–H groups in total. The maximum Gasteiger partial charge on any atom is 0.345 e. The van der Waals surface area contributed by atoms with Gasteiger partial charge in [-0.1, -0.05) is 0 Å². The molecule has 1 saturated heterocycles. The van der Waals surface area contributed by atoms with Crippen molar-refractivity contribution >= 4 is 0 Å². The van der Waals surface area contributed by atoms with E-state index in [1.54, 1.807) is 0 Å². The Labute approximate surface area is 81.5 Å². The zero-order valence-corrected chi connectivity index (χ0v) is 7.82. The number of rotatable bonds is 3. The van der Waals surface area contributed by atoms with E-state index >= 15 is 0 Å². The summed E-state index contributed by atoms with van der Waals surface area (Å²) in [5, 5.41) is 3.32. The SMILES string of the molecule is O=c1ncc(OCC2CCCN2)c[nH]1. The van der Waals surface area contributed by atoms with Crippen molar-refractivity contribution in [1.29, 1.82) is 0 Å². The van der Waals surface area contributed by atoms with Crippen molar-refractivity contribution < 1.29 is 4.74 Å². The molecule has 5 heteroatoms. The molecule has 1 unspecified atom stereocenters. The smallest absolute Gasteiger partial charge is 0.345 e. The second-order valence-electron chi connectivity index (χ2n) is 3.36. The van der Waals surface area contributed by atoms with Crippen LogP contribution in [0.25, 0.3) is 0 Å². The number of nitrogens with zero attached hydrogens (tertiary/aromatic N) is 1. The molecular formula is C9H13N3O2. The lowest BCUT2D eigenvalue weighted by Crippen LogP contribution is -2.28. The van der Waals surface area contributed by atoms with Crippen LogP contribution in [0.5, 0.6) is 5.75 Å². The monoisotopic (exact) mass is 195 g/mol. The highest BCUT2D eigenvalue weighted by molar-refractivity contribution is 5.10. The lowest BCUT2D eigenvalue weighted by atomic mass is 10.2. The molecule has 1 fully saturated rings. The largest absolute Gasteiger partial charge is 0.489 e. The van der Waals surface area contributed by atoms with Gasteiger partial charge in [0.05, 0.1) is 6.20 Å². The molecule has 2 heterocycles. The van der Waals surface area contributed by atoms with E-state index in [2.05, 4.69) is 15.3 Å². The molecule has 0 aromatic carbocycles. The van der Waals surface area contributed by atoms with Crippen molar-refractivity contribution in [3.8, 4) is 5.75 Å². The number of H-pyrrole nitrogens is 1. The van der Waals surface area contributed by atoms with Crippen LogP contribution < -0.4 is 15.7 Å². The Morgan fingerprint density at radius 3 is 3.21 bits per heavy atom. The third-order valence-electron chi connectivity index (χ3n) is 2.26. The van der Waals surface area contributed by atoms with Gasteiger partial charge in [0.15, 0.2) is 5.75 Å². The predicted octanol–water partition coefficient (Wildman–Crippen LogP) is -0.0993. The fourth-order valence-corrected chi connectivity index (χ4v) is 1.50. The molecule has 0 radical (unpaired) electrons. The summed E-state index contributed by atoms with van der Waals surface area (Å²) in [6.45, 7) is 1.70. The standard InChI is InChI=1S/C9H13N3O2/c13-9-11-4-8(5-12-9)14-6-7-2-1-3-10-7/h4-5,7,10H,1-3,6H2,(H,11,12,13). The summed E-state index contributed by atoms with van der Waals surface area (Å²) in [6, 6.07) is 0.432. The first-order valence-corrected chi connectivity index (χ1v) is 4.75. The lowest BCUT2D eigenvalue weighted by molar-refractivity contribution is 0.275. The Morgan fingerprint density at radius 2 is 2.57 bits per heavy atom. The summed E-state index contributed by atoms with van der Waals surface area (Å²) in [5.74, 6) is 0.610. The number of ether oxygens (including phenoxy) is 1. The second kappa shape index (κ2) is 4.23. The fraction of sp³-hybridized carbons (Fsp3) is 0.556. The molecule has 14 heavy (non-hydrogen) atoms. The van der Waals surface area contributed by atoms with Gasteiger partial charge < -0.3 is 15.0 Å². The maximum absolute atomic E-state index is 10.6. The second-order valence-corrected chi connectivity index (χ2v) is 3.36. The van der Waals surface area contributed by atoms with Gasteiger partial charge >= 0.3 is 5.69 Å². The molecule has 1 atom stereocenters. The third kappa shape index (κ3) is 2.32. The molecule has 0 spiro atoms. The summed E-state index contributed by atoms with van der Waals surface area (Å²) in [5.41, 5.74) is -0.351. The molecule has 0 amide bonds. The highest BCUT2D eigenvalue weighted by Gasteiger charge is 2.14. The van der Waals surface area contributed by atoms with Gasteiger partial charge in [-0.15, -0.1) is 0 Å². The minimum absolute atomic E-state index is 0.351. The summed E-state index contributed by atoms with van der Waals surface area (Å²) in [6.07, 6.45) is 5.33. The number of aromatic nitrogens is 2. The molecule has 1 aromatic rings. The van der Waals surface area contributed by atoms with Gasteiger partial charge in [-0.2, -0.15) is 4.98 Å². The van der Waals surface area contributed by atoms with E-state index in [9.17, 15) is 4.79 Å². The molecule has 0 saturated carbocycles. The van der Waals surface area contributed by atoms with Crippen LogP contribution in [0.3, 0.4) is 0 Å². The highest BCUT2D eigenvalue weighted by atomic mass is 16.5. The molecule has 1 aliphatic rings. The minimum atomic E-state index is -0.351. The molecule has 1 aromatic heterocycles. The van der Waals surface area contributed by atoms with Crippen LogP contribution in [0.2, 0.25) is 0 Å². The zero-order chi connectivity index (χ0) is 9.80. The van der Waals surface area contributed by atoms with E-state index in [0.717, 1.165) is 13.0 Å². The summed E-state index contributed by atoms with van der Waals surface area (Å²) in [4.78, 5) is 16.7. The van der Waals surface area contributed by atoms with Gasteiger partial charge in [0, 0.05) is 12.2 Å². The molecule has 0 aliphatic carbocycles. The lowest BCUT2D eigenvalue weighted by Gasteiger charge is -2.10. The maximum atomic E-state index is 10.6. The van der Waals surface area contributed by atoms with Gasteiger partial charge in [0.2, 0.25) is 0 Å². The quantitative estimate of drug-likeness (QED) is 0.706. The van der Waals surface area contributed by atoms with E-state index in [0.29, 0.717) is 18.4 Å². The Balaban J connectivity index is 1.85. The van der Waals surface area contributed by atoms with Gasteiger partial charge in [-0.25, -0.2) is 4.79 Å². The number of hydrogen-bond acceptors (Lipinski definition) is 4. The van der Waals surface area contributed by atoms with Crippen LogP contribution >= 0.6 is 0 Å². The molecule has 0 bridgehead atoms. The van der Waals surface area contributed by atoms with Gasteiger partial charge in [-0.05, 0) is 19.4 Å². The van der Waals surface area contributed by atoms with Crippen LogP contribution in [0.15, 0.2) is 17.2 Å². The number of aromatic amines is 1. The van der Waals surface area contributed by atoms with Crippen LogP contribution in [-0.2, 0) is 0 Å². The van der Waals surface area contributed by atoms with Crippen molar-refractivity contribution in [1.82, 2.24) is 15.3 Å². The highest BCUT2D eigenvalue weighted by Crippen LogP contribution is 2.08. The van der Waals surface area contributed by atoms with E-state index in [1.807, 2.05) is 0 Å². The van der Waals surface area contributed by atoms with E-state index in [1.165, 1.54) is 18.8 Å². The predicted molar refractivity (Wildman–Crippen MR) is 51.4 cm³/mol. The average molecular weight is 195 g/mol. The fourth-order valence-electron chi connectivity index (χ4n) is 1.50. The van der Waals surface area contributed by atoms with Crippen LogP contribution in [0.4, 0.5) is 0 Å². The van der Waals surface area contributed by atoms with Crippen molar-refractivity contribution in [3.63, 3.8) is 0 Å². The van der Waals surface area contributed by atoms with Crippen molar-refractivity contribution in [2.24, 2.45) is 0 Å². The van der Waals surface area contributed by atoms with Crippen LogP contribution in [0, 0.1) is 0 Å². The number of nitrogens with one attached hydrogen (secondary N) is 2. The molecule has 2 rings (SSSR count). The topological polar surface area (TPSA) is 67.0 Å². The van der Waals surface area contributed by atoms with Gasteiger partial charge in [0.1, 0.15) is 6.61 Å². The summed E-state index contributed by atoms with van der Waals surface area (Å²) >= 11 is 0. The average Bonchev–Trinajstić information content (AvgIpc) is 2.70. The first-order chi connectivity index (χ1) is 6.84. The van der Waals surface area contributed by atoms with Crippen molar-refractivity contribution in [2.45, 2.75) is 18.9 Å². The van der Waals surface area contributed by atoms with Gasteiger partial charge in [-0.3, -0.25) is 0 Å². The summed E-state index contributed by atoms with van der Waals surface area (Å²) < 4.78 is 5.45. The van der Waals surface area contributed by atoms with Gasteiger partial charge in [0.25, 0.3) is 0 Å². The van der Waals surface area contributed by atoms with Crippen molar-refractivity contribution in [2.75, 3.05) is 13.2 Å². The van der Waals surface area contributed by atoms with Crippen LogP contribution in [-0.4, -0.2) is 29.2 Å². The van der Waals surface area contributed by atoms with Crippen molar-refractivity contribution in [3.05, 3.63) is 22.9 Å². The molecule has 1 aliphatic heterocycles. The molecule has 76 valence electrons. The Kier molecular flexibility index (Phi) is 2.78. The normalized spacial score (nSPS) is 21.0. The third-order valence-corrected chi connectivity index (χ3v) is 2.26. The zero-order valence-electron chi connectivity index (χ0n) is 7.82. The van der Waals surface area contributed by atoms with Crippen LogP contribution in [0.1, 0.15) is 12.8 Å². The molecule has 5 nitrogen and oxygen atoms in total. The van der Waals surface area contributed by atoms with E-state index in [4.69, 9.17) is 4.74 Å². The Bertz CT molecular complexity index is 324. The Morgan fingerprint density at radius 1 is 1.64 bits per heavy atom. The van der Waals surface area contributed by atoms with E-state index < -0.39 is 0 Å². The van der Waals surface area contributed by atoms with E-state index in [-0.39, 0.29) is 5.69 Å². The Hall–Kier alpha value is -1.36.